The quantitative estimate of drug-likeness (QED) is 0.574. The van der Waals surface area contributed by atoms with Gasteiger partial charge in [-0.25, -0.2) is 0 Å². The third-order valence-electron chi connectivity index (χ3n) is 1.72. The summed E-state index contributed by atoms with van der Waals surface area (Å²) in [6.07, 6.45) is 0. The molecule has 0 aliphatic rings. The van der Waals surface area contributed by atoms with Gasteiger partial charge < -0.3 is 16.2 Å². The summed E-state index contributed by atoms with van der Waals surface area (Å²) in [4.78, 5) is 11.3. The zero-order valence-electron chi connectivity index (χ0n) is 8.79. The van der Waals surface area contributed by atoms with E-state index in [0.29, 0.717) is 0 Å². The molecule has 0 aromatic rings. The van der Waals surface area contributed by atoms with Gasteiger partial charge >= 0.3 is 0 Å². The molecule has 4 nitrogen and oxygen atoms in total. The smallest absolute Gasteiger partial charge is 0.237 e. The predicted octanol–water partition coefficient (Wildman–Crippen LogP) is -0.143. The molecule has 0 unspecified atom stereocenters. The van der Waals surface area contributed by atoms with E-state index in [9.17, 15) is 9.90 Å². The van der Waals surface area contributed by atoms with Crippen molar-refractivity contribution in [1.82, 2.24) is 5.32 Å². The first-order chi connectivity index (χ1) is 5.74. The molecule has 0 bridgehead atoms. The van der Waals surface area contributed by atoms with Gasteiger partial charge in [-0.3, -0.25) is 4.79 Å². The molecule has 0 rings (SSSR count). The molecule has 1 atom stereocenters. The van der Waals surface area contributed by atoms with Crippen LogP contribution in [0.1, 0.15) is 27.7 Å². The van der Waals surface area contributed by atoms with E-state index < -0.39 is 11.6 Å². The van der Waals surface area contributed by atoms with E-state index in [-0.39, 0.29) is 18.4 Å². The van der Waals surface area contributed by atoms with E-state index in [0.717, 1.165) is 0 Å². The van der Waals surface area contributed by atoms with Crippen molar-refractivity contribution in [2.75, 3.05) is 6.54 Å². The summed E-state index contributed by atoms with van der Waals surface area (Å²) >= 11 is 0. The Morgan fingerprint density at radius 2 is 2.00 bits per heavy atom. The Kier molecular flexibility index (Phi) is 4.36. The fourth-order valence-corrected chi connectivity index (χ4v) is 0.724. The number of carbonyl (C=O) groups is 1. The highest BCUT2D eigenvalue weighted by Crippen LogP contribution is 2.00. The maximum absolute atomic E-state index is 11.3. The van der Waals surface area contributed by atoms with Crippen LogP contribution in [0.15, 0.2) is 0 Å². The van der Waals surface area contributed by atoms with Crippen molar-refractivity contribution < 1.29 is 9.90 Å². The van der Waals surface area contributed by atoms with Gasteiger partial charge in [-0.15, -0.1) is 0 Å². The van der Waals surface area contributed by atoms with E-state index in [1.54, 1.807) is 13.8 Å². The van der Waals surface area contributed by atoms with E-state index in [1.807, 2.05) is 13.8 Å². The Labute approximate surface area is 79.5 Å². The number of nitrogens with two attached hydrogens (primary N) is 1. The molecular weight excluding hydrogens is 168 g/mol. The molecule has 0 aromatic carbocycles. The van der Waals surface area contributed by atoms with Gasteiger partial charge in [-0.1, -0.05) is 13.8 Å². The van der Waals surface area contributed by atoms with Gasteiger partial charge in [0.2, 0.25) is 5.91 Å². The number of aliphatic hydroxyl groups is 1. The standard InChI is InChI=1S/C9H20N2O2/c1-6(2)7(10)8(12)11-5-9(3,4)13/h6-7,13H,5,10H2,1-4H3,(H,11,12)/t7-/m0/s1. The lowest BCUT2D eigenvalue weighted by molar-refractivity contribution is -0.124. The van der Waals surface area contributed by atoms with Crippen LogP contribution in [-0.2, 0) is 4.79 Å². The first kappa shape index (κ1) is 12.4. The molecule has 0 heterocycles. The highest BCUT2D eigenvalue weighted by molar-refractivity contribution is 5.81. The zero-order chi connectivity index (χ0) is 10.6. The summed E-state index contributed by atoms with van der Waals surface area (Å²) in [7, 11) is 0. The average Bonchev–Trinajstić information content (AvgIpc) is 1.97. The van der Waals surface area contributed by atoms with Crippen LogP contribution in [0, 0.1) is 5.92 Å². The lowest BCUT2D eigenvalue weighted by Gasteiger charge is -2.20. The van der Waals surface area contributed by atoms with Crippen LogP contribution >= 0.6 is 0 Å². The van der Waals surface area contributed by atoms with Crippen molar-refractivity contribution in [2.24, 2.45) is 11.7 Å². The van der Waals surface area contributed by atoms with E-state index in [1.165, 1.54) is 0 Å². The minimum absolute atomic E-state index is 0.113. The fourth-order valence-electron chi connectivity index (χ4n) is 0.724. The number of hydrogen-bond acceptors (Lipinski definition) is 3. The van der Waals surface area contributed by atoms with Gasteiger partial charge in [0.15, 0.2) is 0 Å². The normalized spacial score (nSPS) is 14.4. The molecule has 0 saturated heterocycles. The summed E-state index contributed by atoms with van der Waals surface area (Å²) in [6, 6.07) is -0.498. The molecular formula is C9H20N2O2. The fraction of sp³-hybridized carbons (Fsp3) is 0.889. The third-order valence-corrected chi connectivity index (χ3v) is 1.72. The second kappa shape index (κ2) is 4.58. The van der Waals surface area contributed by atoms with Gasteiger partial charge in [-0.05, 0) is 19.8 Å². The number of amides is 1. The van der Waals surface area contributed by atoms with Crippen molar-refractivity contribution in [3.63, 3.8) is 0 Å². The molecule has 4 heteroatoms. The Morgan fingerprint density at radius 3 is 2.31 bits per heavy atom. The van der Waals surface area contributed by atoms with Crippen molar-refractivity contribution >= 4 is 5.91 Å². The number of rotatable bonds is 4. The summed E-state index contributed by atoms with van der Waals surface area (Å²) in [5.41, 5.74) is 4.71. The van der Waals surface area contributed by atoms with Crippen LogP contribution in [0.4, 0.5) is 0 Å². The molecule has 0 saturated carbocycles. The Balaban J connectivity index is 3.89. The summed E-state index contributed by atoms with van der Waals surface area (Å²) in [5, 5.41) is 11.9. The highest BCUT2D eigenvalue weighted by atomic mass is 16.3. The van der Waals surface area contributed by atoms with Gasteiger partial charge in [0, 0.05) is 6.54 Å². The SMILES string of the molecule is CC(C)[C@H](N)C(=O)NCC(C)(C)O. The van der Waals surface area contributed by atoms with Crippen LogP contribution in [0.3, 0.4) is 0 Å². The van der Waals surface area contributed by atoms with Crippen molar-refractivity contribution in [1.29, 1.82) is 0 Å². The van der Waals surface area contributed by atoms with Gasteiger partial charge in [0.1, 0.15) is 0 Å². The summed E-state index contributed by atoms with van der Waals surface area (Å²) in [5.74, 6) is -0.0982. The van der Waals surface area contributed by atoms with Crippen LogP contribution in [-0.4, -0.2) is 29.2 Å². The van der Waals surface area contributed by atoms with Gasteiger partial charge in [0.25, 0.3) is 0 Å². The van der Waals surface area contributed by atoms with Crippen LogP contribution in [0.5, 0.6) is 0 Å². The second-order valence-corrected chi connectivity index (χ2v) is 4.30. The monoisotopic (exact) mass is 188 g/mol. The molecule has 0 spiro atoms. The largest absolute Gasteiger partial charge is 0.389 e. The summed E-state index contributed by atoms with van der Waals surface area (Å²) < 4.78 is 0. The Morgan fingerprint density at radius 1 is 1.54 bits per heavy atom. The molecule has 1 amide bonds. The van der Waals surface area contributed by atoms with Crippen molar-refractivity contribution in [2.45, 2.75) is 39.3 Å². The Hall–Kier alpha value is -0.610. The minimum Gasteiger partial charge on any atom is -0.389 e. The first-order valence-electron chi connectivity index (χ1n) is 4.49. The lowest BCUT2D eigenvalue weighted by atomic mass is 10.0. The van der Waals surface area contributed by atoms with Crippen molar-refractivity contribution in [3.8, 4) is 0 Å². The zero-order valence-corrected chi connectivity index (χ0v) is 8.79. The van der Waals surface area contributed by atoms with Crippen LogP contribution in [0.25, 0.3) is 0 Å². The topological polar surface area (TPSA) is 75.4 Å². The van der Waals surface area contributed by atoms with Crippen molar-refractivity contribution in [3.05, 3.63) is 0 Å². The first-order valence-corrected chi connectivity index (χ1v) is 4.49. The predicted molar refractivity (Wildman–Crippen MR) is 52.1 cm³/mol. The molecule has 0 aliphatic carbocycles. The molecule has 4 N–H and O–H groups in total. The minimum atomic E-state index is -0.883. The second-order valence-electron chi connectivity index (χ2n) is 4.30. The lowest BCUT2D eigenvalue weighted by Crippen LogP contribution is -2.48. The number of hydrogen-bond donors (Lipinski definition) is 3. The van der Waals surface area contributed by atoms with E-state index >= 15 is 0 Å². The third kappa shape index (κ3) is 5.60. The van der Waals surface area contributed by atoms with Gasteiger partial charge in [0.05, 0.1) is 11.6 Å². The van der Waals surface area contributed by atoms with E-state index in [4.69, 9.17) is 5.73 Å². The average molecular weight is 188 g/mol. The van der Waals surface area contributed by atoms with Gasteiger partial charge in [-0.2, -0.15) is 0 Å². The molecule has 0 aromatic heterocycles. The molecule has 0 radical (unpaired) electrons. The summed E-state index contributed by atoms with van der Waals surface area (Å²) in [6.45, 7) is 7.26. The molecule has 0 aliphatic heterocycles. The maximum atomic E-state index is 11.3. The van der Waals surface area contributed by atoms with Crippen LogP contribution in [0.2, 0.25) is 0 Å². The molecule has 0 fully saturated rings. The highest BCUT2D eigenvalue weighted by Gasteiger charge is 2.19. The van der Waals surface area contributed by atoms with E-state index in [2.05, 4.69) is 5.32 Å². The number of nitrogens with one attached hydrogen (secondary N) is 1. The van der Waals surface area contributed by atoms with Crippen LogP contribution < -0.4 is 11.1 Å². The number of carbonyl (C=O) groups excluding carboxylic acids is 1. The molecule has 13 heavy (non-hydrogen) atoms. The molecule has 78 valence electrons. The Bertz CT molecular complexity index is 173. The maximum Gasteiger partial charge on any atom is 0.237 e.